The fourth-order valence-corrected chi connectivity index (χ4v) is 3.21. The van der Waals surface area contributed by atoms with Crippen LogP contribution in [-0.4, -0.2) is 30.6 Å². The van der Waals surface area contributed by atoms with Gasteiger partial charge in [0.15, 0.2) is 0 Å². The Morgan fingerprint density at radius 3 is 2.79 bits per heavy atom. The second kappa shape index (κ2) is 6.04. The largest absolute Gasteiger partial charge is 0.380 e. The van der Waals surface area contributed by atoms with E-state index < -0.39 is 0 Å². The van der Waals surface area contributed by atoms with Gasteiger partial charge in [-0.05, 0) is 44.4 Å². The fraction of sp³-hybridized carbons (Fsp3) is 0.625. The smallest absolute Gasteiger partial charge is 0.0713 e. The van der Waals surface area contributed by atoms with Crippen molar-refractivity contribution in [2.24, 2.45) is 5.73 Å². The van der Waals surface area contributed by atoms with Crippen LogP contribution in [0.25, 0.3) is 0 Å². The maximum absolute atomic E-state index is 6.06. The molecule has 1 fully saturated rings. The van der Waals surface area contributed by atoms with E-state index >= 15 is 0 Å². The number of nitrogens with two attached hydrogens (primary N) is 1. The van der Waals surface area contributed by atoms with Crippen molar-refractivity contribution in [1.29, 1.82) is 0 Å². The summed E-state index contributed by atoms with van der Waals surface area (Å²) < 4.78 is 5.22. The zero-order chi connectivity index (χ0) is 13.9. The van der Waals surface area contributed by atoms with Crippen LogP contribution in [0.1, 0.15) is 43.9 Å². The van der Waals surface area contributed by atoms with Crippen LogP contribution in [0.4, 0.5) is 0 Å². The Labute approximate surface area is 116 Å². The van der Waals surface area contributed by atoms with Gasteiger partial charge in [0.25, 0.3) is 0 Å². The molecule has 3 heteroatoms. The predicted molar refractivity (Wildman–Crippen MR) is 79.0 cm³/mol. The molecule has 0 amide bonds. The van der Waals surface area contributed by atoms with Crippen molar-refractivity contribution in [2.45, 2.75) is 44.9 Å². The van der Waals surface area contributed by atoms with Crippen LogP contribution in [-0.2, 0) is 11.3 Å². The molecule has 1 aromatic rings. The average molecular weight is 262 g/mol. The van der Waals surface area contributed by atoms with Crippen LogP contribution in [0.2, 0.25) is 0 Å². The van der Waals surface area contributed by atoms with Gasteiger partial charge in [-0.15, -0.1) is 0 Å². The van der Waals surface area contributed by atoms with Crippen molar-refractivity contribution < 1.29 is 4.74 Å². The highest BCUT2D eigenvalue weighted by molar-refractivity contribution is 5.26. The van der Waals surface area contributed by atoms with Crippen LogP contribution < -0.4 is 5.73 Å². The Morgan fingerprint density at radius 1 is 1.42 bits per heavy atom. The number of nitrogens with zero attached hydrogens (tertiary/aromatic N) is 1. The van der Waals surface area contributed by atoms with Crippen LogP contribution in [0.5, 0.6) is 0 Å². The molecule has 3 nitrogen and oxygen atoms in total. The monoisotopic (exact) mass is 262 g/mol. The Bertz CT molecular complexity index is 417. The van der Waals surface area contributed by atoms with E-state index in [1.807, 2.05) is 0 Å². The minimum atomic E-state index is 0.251. The molecule has 1 heterocycles. The lowest BCUT2D eigenvalue weighted by molar-refractivity contribution is 0.119. The fourth-order valence-electron chi connectivity index (χ4n) is 3.21. The first-order valence-electron chi connectivity index (χ1n) is 7.13. The Hall–Kier alpha value is -0.900. The van der Waals surface area contributed by atoms with E-state index in [0.29, 0.717) is 19.2 Å². The molecule has 1 aliphatic heterocycles. The highest BCUT2D eigenvalue weighted by atomic mass is 16.5. The molecule has 1 aromatic carbocycles. The summed E-state index contributed by atoms with van der Waals surface area (Å²) in [4.78, 5) is 2.55. The summed E-state index contributed by atoms with van der Waals surface area (Å²) in [6, 6.07) is 8.94. The first-order chi connectivity index (χ1) is 9.08. The molecule has 0 aliphatic carbocycles. The molecule has 0 radical (unpaired) electrons. The summed E-state index contributed by atoms with van der Waals surface area (Å²) >= 11 is 0. The van der Waals surface area contributed by atoms with E-state index in [-0.39, 0.29) is 5.54 Å². The van der Waals surface area contributed by atoms with Gasteiger partial charge < -0.3 is 10.5 Å². The lowest BCUT2D eigenvalue weighted by Crippen LogP contribution is -2.43. The molecule has 0 aromatic heterocycles. The van der Waals surface area contributed by atoms with Crippen LogP contribution in [0.15, 0.2) is 24.3 Å². The van der Waals surface area contributed by atoms with Crippen molar-refractivity contribution >= 4 is 0 Å². The number of methoxy groups -OCH3 is 1. The van der Waals surface area contributed by atoms with E-state index in [9.17, 15) is 0 Å². The van der Waals surface area contributed by atoms with Gasteiger partial charge in [0.2, 0.25) is 0 Å². The lowest BCUT2D eigenvalue weighted by Gasteiger charge is -2.38. The Kier molecular flexibility index (Phi) is 4.61. The van der Waals surface area contributed by atoms with Gasteiger partial charge in [0, 0.05) is 25.2 Å². The highest BCUT2D eigenvalue weighted by Gasteiger charge is 2.36. The summed E-state index contributed by atoms with van der Waals surface area (Å²) in [5.74, 6) is 0. The lowest BCUT2D eigenvalue weighted by atomic mass is 9.96. The second-order valence-corrected chi connectivity index (χ2v) is 6.04. The maximum atomic E-state index is 6.06. The molecule has 0 spiro atoms. The minimum Gasteiger partial charge on any atom is -0.380 e. The molecule has 1 aliphatic rings. The van der Waals surface area contributed by atoms with Gasteiger partial charge >= 0.3 is 0 Å². The van der Waals surface area contributed by atoms with E-state index in [2.05, 4.69) is 43.0 Å². The van der Waals surface area contributed by atoms with Crippen molar-refractivity contribution in [2.75, 3.05) is 20.2 Å². The first-order valence-corrected chi connectivity index (χ1v) is 7.13. The maximum Gasteiger partial charge on any atom is 0.0713 e. The molecule has 0 saturated carbocycles. The molecule has 19 heavy (non-hydrogen) atoms. The zero-order valence-corrected chi connectivity index (χ0v) is 12.4. The van der Waals surface area contributed by atoms with Gasteiger partial charge in [-0.25, -0.2) is 0 Å². The van der Waals surface area contributed by atoms with Crippen molar-refractivity contribution in [3.8, 4) is 0 Å². The SMILES string of the molecule is COCc1cccc(C(CN)N2CCCC2(C)C)c1. The quantitative estimate of drug-likeness (QED) is 0.886. The summed E-state index contributed by atoms with van der Waals surface area (Å²) in [5.41, 5.74) is 8.84. The first kappa shape index (κ1) is 14.5. The van der Waals surface area contributed by atoms with Gasteiger partial charge in [-0.3, -0.25) is 4.90 Å². The number of rotatable bonds is 5. The van der Waals surface area contributed by atoms with Gasteiger partial charge in [0.1, 0.15) is 0 Å². The molecule has 1 atom stereocenters. The van der Waals surface area contributed by atoms with E-state index in [1.165, 1.54) is 24.0 Å². The number of ether oxygens (including phenoxy) is 1. The third kappa shape index (κ3) is 3.16. The van der Waals surface area contributed by atoms with E-state index in [1.54, 1.807) is 7.11 Å². The topological polar surface area (TPSA) is 38.5 Å². The molecule has 2 N–H and O–H groups in total. The number of likely N-dealkylation sites (tertiary alicyclic amines) is 1. The number of hydrogen-bond acceptors (Lipinski definition) is 3. The second-order valence-electron chi connectivity index (χ2n) is 6.04. The van der Waals surface area contributed by atoms with Crippen LogP contribution in [0.3, 0.4) is 0 Å². The molecule has 1 saturated heterocycles. The van der Waals surface area contributed by atoms with Gasteiger partial charge in [0.05, 0.1) is 6.61 Å². The molecular weight excluding hydrogens is 236 g/mol. The summed E-state index contributed by atoms with van der Waals surface area (Å²) in [6.45, 7) is 7.11. The van der Waals surface area contributed by atoms with Crippen molar-refractivity contribution in [3.63, 3.8) is 0 Å². The molecule has 0 bridgehead atoms. The normalized spacial score (nSPS) is 20.6. The van der Waals surface area contributed by atoms with E-state index in [0.717, 1.165) is 6.54 Å². The highest BCUT2D eigenvalue weighted by Crippen LogP contribution is 2.36. The Balaban J connectivity index is 2.24. The van der Waals surface area contributed by atoms with Gasteiger partial charge in [-0.2, -0.15) is 0 Å². The standard InChI is InChI=1S/C16H26N2O/c1-16(2)8-5-9-18(16)15(11-17)14-7-4-6-13(10-14)12-19-3/h4,6-7,10,15H,5,8-9,11-12,17H2,1-3H3. The molecular formula is C16H26N2O. The van der Waals surface area contributed by atoms with Crippen molar-refractivity contribution in [1.82, 2.24) is 4.90 Å². The molecule has 1 unspecified atom stereocenters. The molecule has 2 rings (SSSR count). The van der Waals surface area contributed by atoms with E-state index in [4.69, 9.17) is 10.5 Å². The van der Waals surface area contributed by atoms with Crippen LogP contribution >= 0.6 is 0 Å². The minimum absolute atomic E-state index is 0.251. The Morgan fingerprint density at radius 2 is 2.21 bits per heavy atom. The van der Waals surface area contributed by atoms with Crippen molar-refractivity contribution in [3.05, 3.63) is 35.4 Å². The third-order valence-corrected chi connectivity index (χ3v) is 4.21. The number of benzene rings is 1. The zero-order valence-electron chi connectivity index (χ0n) is 12.4. The number of hydrogen-bond donors (Lipinski definition) is 1. The van der Waals surface area contributed by atoms with Crippen LogP contribution in [0, 0.1) is 0 Å². The average Bonchev–Trinajstić information content (AvgIpc) is 2.72. The van der Waals surface area contributed by atoms with Gasteiger partial charge in [-0.1, -0.05) is 24.3 Å². The molecule has 106 valence electrons. The third-order valence-electron chi connectivity index (χ3n) is 4.21. The summed E-state index contributed by atoms with van der Waals surface area (Å²) in [6.07, 6.45) is 2.52. The summed E-state index contributed by atoms with van der Waals surface area (Å²) in [5, 5.41) is 0. The summed E-state index contributed by atoms with van der Waals surface area (Å²) in [7, 11) is 1.73. The predicted octanol–water partition coefficient (Wildman–Crippen LogP) is 2.71.